The van der Waals surface area contributed by atoms with Crippen molar-refractivity contribution in [3.63, 3.8) is 0 Å². The fraction of sp³-hybridized carbons (Fsp3) is 0.857. The molecule has 1 saturated carbocycles. The Morgan fingerprint density at radius 1 is 0.640 bits per heavy atom. The third kappa shape index (κ3) is 25.3. The molecule has 0 aromatic carbocycles. The number of esters is 2. The Balaban J connectivity index is 2.02. The summed E-state index contributed by atoms with van der Waals surface area (Å²) in [5.74, 6) is -1.32. The van der Waals surface area contributed by atoms with Gasteiger partial charge in [0.1, 0.15) is 19.3 Å². The van der Waals surface area contributed by atoms with Crippen molar-refractivity contribution in [1.29, 1.82) is 0 Å². The molecular weight excluding hydrogens is 632 g/mol. The Labute approximate surface area is 305 Å². The van der Waals surface area contributed by atoms with Crippen molar-refractivity contribution in [2.24, 2.45) is 11.8 Å². The van der Waals surface area contributed by atoms with Gasteiger partial charge in [-0.2, -0.15) is 0 Å². The van der Waals surface area contributed by atoms with Crippen molar-refractivity contribution in [2.45, 2.75) is 205 Å². The van der Waals surface area contributed by atoms with Gasteiger partial charge in [0, 0.05) is 18.8 Å². The van der Waals surface area contributed by atoms with Crippen LogP contribution in [0.5, 0.6) is 0 Å². The first-order chi connectivity index (χ1) is 24.3. The van der Waals surface area contributed by atoms with Crippen LogP contribution < -0.4 is 0 Å². The summed E-state index contributed by atoms with van der Waals surface area (Å²) in [4.78, 5) is 24.2. The highest BCUT2D eigenvalue weighted by atomic mass is 16.6. The topological polar surface area (TPSA) is 134 Å². The van der Waals surface area contributed by atoms with Crippen LogP contribution in [-0.4, -0.2) is 70.0 Å². The van der Waals surface area contributed by atoms with Gasteiger partial charge in [0.2, 0.25) is 0 Å². The average molecular weight is 709 g/mol. The molecule has 1 aliphatic carbocycles. The van der Waals surface area contributed by atoms with Crippen LogP contribution in [0.1, 0.15) is 181 Å². The maximum atomic E-state index is 12.1. The van der Waals surface area contributed by atoms with E-state index in [1.807, 2.05) is 6.08 Å². The SMILES string of the molecule is CCCCCCCCCCCCCCCCCCCCC(=O)OC[C@H](O)COC(=O)C/C=C\C[C@H]1[C@@H](/C=C/[C@H](O)CCCCC)[C@H](O)C[C@@H]1O. The fourth-order valence-electron chi connectivity index (χ4n) is 6.82. The Morgan fingerprint density at radius 3 is 1.66 bits per heavy atom. The van der Waals surface area contributed by atoms with Crippen LogP contribution in [0.25, 0.3) is 0 Å². The Hall–Kier alpha value is -1.74. The van der Waals surface area contributed by atoms with E-state index in [-0.39, 0.29) is 43.9 Å². The molecule has 0 amide bonds. The molecule has 0 aromatic heterocycles. The van der Waals surface area contributed by atoms with Crippen LogP contribution in [0.2, 0.25) is 0 Å². The van der Waals surface area contributed by atoms with Gasteiger partial charge in [-0.3, -0.25) is 9.59 Å². The number of allylic oxidation sites excluding steroid dienone is 1. The first kappa shape index (κ1) is 46.3. The lowest BCUT2D eigenvalue weighted by molar-refractivity contribution is -0.151. The molecule has 0 heterocycles. The van der Waals surface area contributed by atoms with Crippen molar-refractivity contribution >= 4 is 11.9 Å². The van der Waals surface area contributed by atoms with Gasteiger partial charge < -0.3 is 29.9 Å². The molecule has 0 radical (unpaired) electrons. The van der Waals surface area contributed by atoms with Gasteiger partial charge in [-0.05, 0) is 25.2 Å². The van der Waals surface area contributed by atoms with Crippen molar-refractivity contribution < 1.29 is 39.5 Å². The maximum Gasteiger partial charge on any atom is 0.309 e. The van der Waals surface area contributed by atoms with Gasteiger partial charge in [-0.15, -0.1) is 0 Å². The molecule has 0 saturated heterocycles. The smallest absolute Gasteiger partial charge is 0.309 e. The standard InChI is InChI=1S/C42H76O8/c1-3-5-7-8-9-10-11-12-13-14-15-16-17-18-19-20-21-23-28-41(47)49-33-36(44)34-50-42(48)29-25-24-27-37-38(40(46)32-39(37)45)31-30-35(43)26-22-6-4-2/h24-25,30-31,35-40,43-46H,3-23,26-29,32-34H2,1-2H3/b25-24-,31-30+/t35-,36+,37+,38-,39+,40-/m1/s1. The minimum atomic E-state index is -1.08. The Bertz CT molecular complexity index is 874. The number of carbonyl (C=O) groups excluding carboxylic acids is 2. The van der Waals surface area contributed by atoms with Crippen LogP contribution in [0, 0.1) is 11.8 Å². The predicted molar refractivity (Wildman–Crippen MR) is 203 cm³/mol. The molecule has 0 aliphatic heterocycles. The van der Waals surface area contributed by atoms with Gasteiger partial charge in [-0.25, -0.2) is 0 Å². The summed E-state index contributed by atoms with van der Waals surface area (Å²) in [6.07, 6.45) is 32.2. The van der Waals surface area contributed by atoms with Gasteiger partial charge in [0.25, 0.3) is 0 Å². The molecule has 292 valence electrons. The molecule has 1 rings (SSSR count). The van der Waals surface area contributed by atoms with Gasteiger partial charge >= 0.3 is 11.9 Å². The summed E-state index contributed by atoms with van der Waals surface area (Å²) in [6.45, 7) is 3.93. The van der Waals surface area contributed by atoms with Crippen LogP contribution in [0.4, 0.5) is 0 Å². The zero-order valence-electron chi connectivity index (χ0n) is 32.0. The fourth-order valence-corrected chi connectivity index (χ4v) is 6.82. The number of aliphatic hydroxyl groups is 4. The van der Waals surface area contributed by atoms with E-state index in [1.165, 1.54) is 96.3 Å². The lowest BCUT2D eigenvalue weighted by Crippen LogP contribution is -2.25. The number of hydrogen-bond donors (Lipinski definition) is 4. The molecule has 50 heavy (non-hydrogen) atoms. The number of rotatable bonds is 33. The second-order valence-corrected chi connectivity index (χ2v) is 14.8. The van der Waals surface area contributed by atoms with E-state index in [9.17, 15) is 30.0 Å². The predicted octanol–water partition coefficient (Wildman–Crippen LogP) is 9.06. The van der Waals surface area contributed by atoms with Gasteiger partial charge in [0.15, 0.2) is 0 Å². The molecule has 0 aromatic rings. The highest BCUT2D eigenvalue weighted by Gasteiger charge is 2.39. The van der Waals surface area contributed by atoms with E-state index in [1.54, 1.807) is 18.2 Å². The molecular formula is C42H76O8. The third-order valence-corrected chi connectivity index (χ3v) is 10.0. The zero-order chi connectivity index (χ0) is 36.7. The lowest BCUT2D eigenvalue weighted by Gasteiger charge is -2.19. The lowest BCUT2D eigenvalue weighted by atomic mass is 9.89. The highest BCUT2D eigenvalue weighted by Crippen LogP contribution is 2.36. The highest BCUT2D eigenvalue weighted by molar-refractivity contribution is 5.71. The molecule has 0 spiro atoms. The monoisotopic (exact) mass is 709 g/mol. The zero-order valence-corrected chi connectivity index (χ0v) is 32.0. The molecule has 8 nitrogen and oxygen atoms in total. The van der Waals surface area contributed by atoms with E-state index >= 15 is 0 Å². The second-order valence-electron chi connectivity index (χ2n) is 14.8. The molecule has 6 atom stereocenters. The number of ether oxygens (including phenoxy) is 2. The largest absolute Gasteiger partial charge is 0.463 e. The van der Waals surface area contributed by atoms with E-state index in [4.69, 9.17) is 9.47 Å². The Morgan fingerprint density at radius 2 is 1.12 bits per heavy atom. The molecule has 0 bridgehead atoms. The van der Waals surface area contributed by atoms with E-state index in [2.05, 4.69) is 13.8 Å². The number of aliphatic hydroxyl groups excluding tert-OH is 4. The summed E-state index contributed by atoms with van der Waals surface area (Å²) >= 11 is 0. The number of unbranched alkanes of at least 4 members (excludes halogenated alkanes) is 19. The molecule has 8 heteroatoms. The second kappa shape index (κ2) is 32.0. The van der Waals surface area contributed by atoms with Crippen LogP contribution in [-0.2, 0) is 19.1 Å². The molecule has 1 aliphatic rings. The molecule has 1 fully saturated rings. The maximum absolute atomic E-state index is 12.1. The third-order valence-electron chi connectivity index (χ3n) is 10.0. The summed E-state index contributed by atoms with van der Waals surface area (Å²) < 4.78 is 10.3. The van der Waals surface area contributed by atoms with E-state index < -0.39 is 30.4 Å². The first-order valence-electron chi connectivity index (χ1n) is 20.6. The van der Waals surface area contributed by atoms with Crippen molar-refractivity contribution in [1.82, 2.24) is 0 Å². The summed E-state index contributed by atoms with van der Waals surface area (Å²) in [5, 5.41) is 41.1. The van der Waals surface area contributed by atoms with Crippen LogP contribution >= 0.6 is 0 Å². The summed E-state index contributed by atoms with van der Waals surface area (Å²) in [7, 11) is 0. The van der Waals surface area contributed by atoms with Crippen LogP contribution in [0.3, 0.4) is 0 Å². The number of hydrogen-bond acceptors (Lipinski definition) is 8. The van der Waals surface area contributed by atoms with E-state index in [0.717, 1.165) is 38.5 Å². The van der Waals surface area contributed by atoms with Gasteiger partial charge in [-0.1, -0.05) is 167 Å². The molecule has 0 unspecified atom stereocenters. The minimum Gasteiger partial charge on any atom is -0.463 e. The minimum absolute atomic E-state index is 0.00782. The number of carbonyl (C=O) groups is 2. The average Bonchev–Trinajstić information content (AvgIpc) is 3.37. The normalized spacial score (nSPS) is 20.5. The summed E-state index contributed by atoms with van der Waals surface area (Å²) in [5.41, 5.74) is 0. The Kier molecular flexibility index (Phi) is 29.6. The van der Waals surface area contributed by atoms with Gasteiger partial charge in [0.05, 0.1) is 24.7 Å². The van der Waals surface area contributed by atoms with Crippen molar-refractivity contribution in [2.75, 3.05) is 13.2 Å². The van der Waals surface area contributed by atoms with Crippen molar-refractivity contribution in [3.8, 4) is 0 Å². The molecule has 4 N–H and O–H groups in total. The first-order valence-corrected chi connectivity index (χ1v) is 20.6. The van der Waals surface area contributed by atoms with Crippen LogP contribution in [0.15, 0.2) is 24.3 Å². The van der Waals surface area contributed by atoms with E-state index in [0.29, 0.717) is 19.3 Å². The summed E-state index contributed by atoms with van der Waals surface area (Å²) in [6, 6.07) is 0. The quantitative estimate of drug-likeness (QED) is 0.0302. The van der Waals surface area contributed by atoms with Crippen molar-refractivity contribution in [3.05, 3.63) is 24.3 Å².